The fourth-order valence-electron chi connectivity index (χ4n) is 3.83. The van der Waals surface area contributed by atoms with Gasteiger partial charge in [-0.05, 0) is 56.5 Å². The number of esters is 1. The highest BCUT2D eigenvalue weighted by atomic mass is 79.9. The molecule has 1 aliphatic heterocycles. The van der Waals surface area contributed by atoms with Crippen LogP contribution in [-0.2, 0) is 16.0 Å². The number of hydrogen-bond acceptors (Lipinski definition) is 7. The van der Waals surface area contributed by atoms with E-state index >= 15 is 0 Å². The Balaban J connectivity index is 1.80. The topological polar surface area (TPSA) is 81.4 Å². The highest BCUT2D eigenvalue weighted by molar-refractivity contribution is 9.10. The van der Waals surface area contributed by atoms with Crippen molar-refractivity contribution in [2.45, 2.75) is 78.7 Å². The molecule has 8 heteroatoms. The van der Waals surface area contributed by atoms with Gasteiger partial charge in [-0.25, -0.2) is 0 Å². The van der Waals surface area contributed by atoms with Crippen LogP contribution in [0.4, 0.5) is 5.69 Å². The quantitative estimate of drug-likeness (QED) is 0.548. The Morgan fingerprint density at radius 1 is 1.17 bits per heavy atom. The molecule has 0 aliphatic carbocycles. The number of pyridine rings is 1. The van der Waals surface area contributed by atoms with Crippen molar-refractivity contribution < 1.29 is 14.1 Å². The van der Waals surface area contributed by atoms with Gasteiger partial charge < -0.3 is 14.2 Å². The predicted octanol–water partition coefficient (Wildman–Crippen LogP) is 4.85. The maximum Gasteiger partial charge on any atom is 0.310 e. The first-order chi connectivity index (χ1) is 14.2. The van der Waals surface area contributed by atoms with Crippen molar-refractivity contribution in [2.75, 3.05) is 18.0 Å². The van der Waals surface area contributed by atoms with E-state index in [-0.39, 0.29) is 30.3 Å². The molecule has 0 saturated carbocycles. The molecule has 0 bridgehead atoms. The molecular weight excluding hydrogens is 448 g/mol. The van der Waals surface area contributed by atoms with Crippen LogP contribution in [0.25, 0.3) is 0 Å². The molecule has 0 aromatic carbocycles. The van der Waals surface area contributed by atoms with E-state index in [1.165, 1.54) is 0 Å². The fourth-order valence-corrected chi connectivity index (χ4v) is 4.41. The summed E-state index contributed by atoms with van der Waals surface area (Å²) in [6, 6.07) is 0. The van der Waals surface area contributed by atoms with Crippen molar-refractivity contribution in [3.8, 4) is 0 Å². The normalized spacial score (nSPS) is 15.3. The summed E-state index contributed by atoms with van der Waals surface area (Å²) in [6.07, 6.45) is 1.92. The van der Waals surface area contributed by atoms with Gasteiger partial charge in [-0.2, -0.15) is 4.98 Å². The van der Waals surface area contributed by atoms with Gasteiger partial charge >= 0.3 is 5.97 Å². The Hall–Kier alpha value is -1.96. The fraction of sp³-hybridized carbons (Fsp3) is 0.636. The van der Waals surface area contributed by atoms with E-state index in [9.17, 15) is 4.79 Å². The number of ether oxygens (including phenoxy) is 1. The second-order valence-electron chi connectivity index (χ2n) is 8.55. The van der Waals surface area contributed by atoms with Gasteiger partial charge in [0.15, 0.2) is 5.82 Å². The molecule has 7 nitrogen and oxygen atoms in total. The predicted molar refractivity (Wildman–Crippen MR) is 119 cm³/mol. The molecule has 3 rings (SSSR count). The number of rotatable bonds is 6. The summed E-state index contributed by atoms with van der Waals surface area (Å²) in [7, 11) is 0. The van der Waals surface area contributed by atoms with Crippen molar-refractivity contribution >= 4 is 27.6 Å². The lowest BCUT2D eigenvalue weighted by Crippen LogP contribution is -2.34. The Kier molecular flexibility index (Phi) is 7.16. The van der Waals surface area contributed by atoms with Crippen molar-refractivity contribution in [3.63, 3.8) is 0 Å². The summed E-state index contributed by atoms with van der Waals surface area (Å²) >= 11 is 3.72. The van der Waals surface area contributed by atoms with E-state index in [1.807, 2.05) is 27.7 Å². The van der Waals surface area contributed by atoms with Gasteiger partial charge in [0.25, 0.3) is 0 Å². The summed E-state index contributed by atoms with van der Waals surface area (Å²) < 4.78 is 11.9. The van der Waals surface area contributed by atoms with E-state index < -0.39 is 0 Å². The van der Waals surface area contributed by atoms with Gasteiger partial charge in [0.1, 0.15) is 0 Å². The first-order valence-corrected chi connectivity index (χ1v) is 11.4. The number of aromatic nitrogens is 3. The minimum atomic E-state index is -0.228. The first kappa shape index (κ1) is 22.7. The number of carbonyl (C=O) groups is 1. The third-order valence-electron chi connectivity index (χ3n) is 5.41. The lowest BCUT2D eigenvalue weighted by atomic mass is 9.95. The molecule has 0 radical (unpaired) electrons. The van der Waals surface area contributed by atoms with Crippen LogP contribution in [-0.4, -0.2) is 40.3 Å². The molecule has 0 N–H and O–H groups in total. The minimum absolute atomic E-state index is 0.135. The highest BCUT2D eigenvalue weighted by Gasteiger charge is 2.29. The van der Waals surface area contributed by atoms with Crippen LogP contribution < -0.4 is 4.90 Å². The molecule has 0 spiro atoms. The number of carbonyl (C=O) groups excluding carboxylic acids is 1. The zero-order valence-corrected chi connectivity index (χ0v) is 20.2. The third-order valence-corrected chi connectivity index (χ3v) is 6.36. The lowest BCUT2D eigenvalue weighted by Gasteiger charge is -2.35. The molecule has 30 heavy (non-hydrogen) atoms. The van der Waals surface area contributed by atoms with Crippen LogP contribution >= 0.6 is 15.9 Å². The number of aryl methyl sites for hydroxylation is 2. The van der Waals surface area contributed by atoms with Gasteiger partial charge in [0, 0.05) is 36.2 Å². The molecule has 2 aromatic rings. The molecular formula is C22H31BrN4O3. The first-order valence-electron chi connectivity index (χ1n) is 10.6. The maximum absolute atomic E-state index is 12.4. The second kappa shape index (κ2) is 9.45. The van der Waals surface area contributed by atoms with Crippen LogP contribution in [0.5, 0.6) is 0 Å². The zero-order chi connectivity index (χ0) is 22.0. The molecule has 1 saturated heterocycles. The SMILES string of the molecule is Cc1nc(C)c(CC(=O)OC(C)C)c(N2CCC(c3nc(C(C)C)no3)CC2)c1Br. The summed E-state index contributed by atoms with van der Waals surface area (Å²) in [5.74, 6) is 1.79. The Morgan fingerprint density at radius 2 is 1.83 bits per heavy atom. The number of anilines is 1. The van der Waals surface area contributed by atoms with E-state index in [0.717, 1.165) is 64.8 Å². The minimum Gasteiger partial charge on any atom is -0.463 e. The summed E-state index contributed by atoms with van der Waals surface area (Å²) in [5, 5.41) is 4.11. The van der Waals surface area contributed by atoms with E-state index in [1.54, 1.807) is 0 Å². The lowest BCUT2D eigenvalue weighted by molar-refractivity contribution is -0.146. The number of halogens is 1. The Morgan fingerprint density at radius 3 is 2.40 bits per heavy atom. The second-order valence-corrected chi connectivity index (χ2v) is 9.34. The van der Waals surface area contributed by atoms with Crippen LogP contribution in [0.2, 0.25) is 0 Å². The van der Waals surface area contributed by atoms with E-state index in [2.05, 4.69) is 49.8 Å². The molecule has 0 amide bonds. The standard InChI is InChI=1S/C22H31BrN4O3/c1-12(2)21-25-22(30-26-21)16-7-9-27(10-8-16)20-17(11-18(28)29-13(3)4)14(5)24-15(6)19(20)23/h12-13,16H,7-11H2,1-6H3. The number of piperidine rings is 1. The molecule has 0 unspecified atom stereocenters. The smallest absolute Gasteiger partial charge is 0.310 e. The average Bonchev–Trinajstić information content (AvgIpc) is 3.16. The maximum atomic E-state index is 12.4. The zero-order valence-electron chi connectivity index (χ0n) is 18.7. The summed E-state index contributed by atoms with van der Waals surface area (Å²) in [6.45, 7) is 13.5. The third kappa shape index (κ3) is 5.02. The Labute approximate surface area is 186 Å². The highest BCUT2D eigenvalue weighted by Crippen LogP contribution is 2.38. The van der Waals surface area contributed by atoms with Crippen molar-refractivity contribution in [2.24, 2.45) is 0 Å². The monoisotopic (exact) mass is 478 g/mol. The van der Waals surface area contributed by atoms with Gasteiger partial charge in [0.05, 0.1) is 28.4 Å². The van der Waals surface area contributed by atoms with Crippen LogP contribution in [0.3, 0.4) is 0 Å². The van der Waals surface area contributed by atoms with Crippen molar-refractivity contribution in [1.29, 1.82) is 0 Å². The molecule has 164 valence electrons. The molecule has 2 aromatic heterocycles. The number of hydrogen-bond donors (Lipinski definition) is 0. The van der Waals surface area contributed by atoms with Crippen molar-refractivity contribution in [3.05, 3.63) is 33.1 Å². The molecule has 3 heterocycles. The summed E-state index contributed by atoms with van der Waals surface area (Å²) in [4.78, 5) is 23.9. The molecule has 0 atom stereocenters. The van der Waals surface area contributed by atoms with Gasteiger partial charge in [0.2, 0.25) is 5.89 Å². The van der Waals surface area contributed by atoms with E-state index in [4.69, 9.17) is 9.26 Å². The van der Waals surface area contributed by atoms with Crippen LogP contribution in [0, 0.1) is 13.8 Å². The number of nitrogens with zero attached hydrogens (tertiary/aromatic N) is 4. The summed E-state index contributed by atoms with van der Waals surface area (Å²) in [5.41, 5.74) is 3.76. The van der Waals surface area contributed by atoms with Crippen molar-refractivity contribution in [1.82, 2.24) is 15.1 Å². The van der Waals surface area contributed by atoms with Crippen LogP contribution in [0.15, 0.2) is 9.00 Å². The molecule has 1 fully saturated rings. The van der Waals surface area contributed by atoms with Gasteiger partial charge in [-0.3, -0.25) is 9.78 Å². The largest absolute Gasteiger partial charge is 0.463 e. The van der Waals surface area contributed by atoms with Crippen LogP contribution in [0.1, 0.15) is 81.0 Å². The van der Waals surface area contributed by atoms with E-state index in [0.29, 0.717) is 0 Å². The average molecular weight is 479 g/mol. The Bertz CT molecular complexity index is 902. The molecule has 1 aliphatic rings. The van der Waals surface area contributed by atoms with Gasteiger partial charge in [-0.15, -0.1) is 0 Å². The van der Waals surface area contributed by atoms with Gasteiger partial charge in [-0.1, -0.05) is 19.0 Å².